The van der Waals surface area contributed by atoms with Gasteiger partial charge in [0.1, 0.15) is 6.54 Å². The summed E-state index contributed by atoms with van der Waals surface area (Å²) in [6.45, 7) is 6.25. The number of carbonyl (C=O) groups is 1. The number of aryl methyl sites for hydroxylation is 2. The molecular weight excluding hydrogens is 372 g/mol. The SMILES string of the molecule is CCC(NC(=O)Cn1nc(C)c2c(-c3ccc(C)cc3)ccnc21)c1ccccc1. The third-order valence-corrected chi connectivity index (χ3v) is 5.41. The number of aromatic nitrogens is 3. The molecule has 0 aliphatic rings. The maximum Gasteiger partial charge on any atom is 0.242 e. The zero-order valence-corrected chi connectivity index (χ0v) is 17.6. The van der Waals surface area contributed by atoms with E-state index in [1.165, 1.54) is 5.56 Å². The highest BCUT2D eigenvalue weighted by molar-refractivity contribution is 5.95. The number of hydrogen-bond donors (Lipinski definition) is 1. The number of benzene rings is 2. The molecule has 0 saturated heterocycles. The van der Waals surface area contributed by atoms with Gasteiger partial charge in [0.25, 0.3) is 0 Å². The predicted octanol–water partition coefficient (Wildman–Crippen LogP) is 4.98. The summed E-state index contributed by atoms with van der Waals surface area (Å²) >= 11 is 0. The van der Waals surface area contributed by atoms with Gasteiger partial charge in [0, 0.05) is 11.6 Å². The van der Waals surface area contributed by atoms with E-state index in [-0.39, 0.29) is 18.5 Å². The molecule has 0 aliphatic heterocycles. The molecule has 1 N–H and O–H groups in total. The summed E-state index contributed by atoms with van der Waals surface area (Å²) < 4.78 is 1.70. The molecule has 2 aromatic carbocycles. The molecule has 0 fully saturated rings. The number of nitrogens with zero attached hydrogens (tertiary/aromatic N) is 3. The van der Waals surface area contributed by atoms with Gasteiger partial charge in [-0.2, -0.15) is 5.10 Å². The fourth-order valence-electron chi connectivity index (χ4n) is 3.85. The fraction of sp³-hybridized carbons (Fsp3) is 0.240. The van der Waals surface area contributed by atoms with Crippen molar-refractivity contribution in [1.82, 2.24) is 20.1 Å². The van der Waals surface area contributed by atoms with Crippen molar-refractivity contribution >= 4 is 16.9 Å². The van der Waals surface area contributed by atoms with Crippen LogP contribution in [-0.2, 0) is 11.3 Å². The first-order valence-electron chi connectivity index (χ1n) is 10.3. The van der Waals surface area contributed by atoms with Crippen LogP contribution >= 0.6 is 0 Å². The van der Waals surface area contributed by atoms with E-state index in [9.17, 15) is 4.79 Å². The van der Waals surface area contributed by atoms with Gasteiger partial charge in [0.15, 0.2) is 5.65 Å². The van der Waals surface area contributed by atoms with E-state index in [0.29, 0.717) is 0 Å². The number of pyridine rings is 1. The van der Waals surface area contributed by atoms with Gasteiger partial charge >= 0.3 is 0 Å². The van der Waals surface area contributed by atoms with Crippen LogP contribution in [0.2, 0.25) is 0 Å². The van der Waals surface area contributed by atoms with Gasteiger partial charge in [0.05, 0.1) is 11.7 Å². The standard InChI is InChI=1S/C25H26N4O/c1-4-22(20-8-6-5-7-9-20)27-23(30)16-29-25-24(18(3)28-29)21(14-15-26-25)19-12-10-17(2)11-13-19/h5-15,22H,4,16H2,1-3H3,(H,27,30). The van der Waals surface area contributed by atoms with E-state index in [2.05, 4.69) is 53.5 Å². The van der Waals surface area contributed by atoms with E-state index >= 15 is 0 Å². The molecule has 0 saturated carbocycles. The van der Waals surface area contributed by atoms with E-state index in [0.717, 1.165) is 39.8 Å². The lowest BCUT2D eigenvalue weighted by atomic mass is 10.0. The summed E-state index contributed by atoms with van der Waals surface area (Å²) in [6, 6.07) is 20.5. The van der Waals surface area contributed by atoms with Crippen molar-refractivity contribution in [3.8, 4) is 11.1 Å². The lowest BCUT2D eigenvalue weighted by Crippen LogP contribution is -2.31. The maximum atomic E-state index is 12.8. The summed E-state index contributed by atoms with van der Waals surface area (Å²) in [5.41, 5.74) is 6.13. The largest absolute Gasteiger partial charge is 0.348 e. The Morgan fingerprint density at radius 3 is 2.47 bits per heavy atom. The highest BCUT2D eigenvalue weighted by atomic mass is 16.2. The molecule has 5 heteroatoms. The number of amides is 1. The van der Waals surface area contributed by atoms with Gasteiger partial charge in [-0.1, -0.05) is 67.1 Å². The lowest BCUT2D eigenvalue weighted by molar-refractivity contribution is -0.122. The zero-order valence-electron chi connectivity index (χ0n) is 17.6. The first-order valence-corrected chi connectivity index (χ1v) is 10.3. The van der Waals surface area contributed by atoms with Crippen molar-refractivity contribution in [1.29, 1.82) is 0 Å². The zero-order chi connectivity index (χ0) is 21.1. The van der Waals surface area contributed by atoms with Gasteiger partial charge < -0.3 is 5.32 Å². The third kappa shape index (κ3) is 3.96. The summed E-state index contributed by atoms with van der Waals surface area (Å²) in [4.78, 5) is 17.3. The molecule has 5 nitrogen and oxygen atoms in total. The number of fused-ring (bicyclic) bond motifs is 1. The molecule has 152 valence electrons. The Morgan fingerprint density at radius 1 is 1.03 bits per heavy atom. The molecule has 0 spiro atoms. The summed E-state index contributed by atoms with van der Waals surface area (Å²) in [5, 5.41) is 8.75. The van der Waals surface area contributed by atoms with Crippen LogP contribution < -0.4 is 5.32 Å². The van der Waals surface area contributed by atoms with Gasteiger partial charge in [-0.15, -0.1) is 0 Å². The van der Waals surface area contributed by atoms with Crippen LogP contribution in [0.4, 0.5) is 0 Å². The number of hydrogen-bond acceptors (Lipinski definition) is 3. The van der Waals surface area contributed by atoms with Crippen molar-refractivity contribution in [2.75, 3.05) is 0 Å². The lowest BCUT2D eigenvalue weighted by Gasteiger charge is -2.17. The molecule has 0 aliphatic carbocycles. The van der Waals surface area contributed by atoms with Crippen LogP contribution in [0.5, 0.6) is 0 Å². The summed E-state index contributed by atoms with van der Waals surface area (Å²) in [6.07, 6.45) is 2.61. The molecule has 4 rings (SSSR count). The molecule has 2 heterocycles. The molecule has 30 heavy (non-hydrogen) atoms. The van der Waals surface area contributed by atoms with E-state index in [1.807, 2.05) is 43.3 Å². The highest BCUT2D eigenvalue weighted by Gasteiger charge is 2.18. The topological polar surface area (TPSA) is 59.8 Å². The van der Waals surface area contributed by atoms with Gasteiger partial charge in [-0.3, -0.25) is 4.79 Å². The molecule has 1 unspecified atom stereocenters. The quantitative estimate of drug-likeness (QED) is 0.498. The van der Waals surface area contributed by atoms with E-state index < -0.39 is 0 Å². The number of rotatable bonds is 6. The predicted molar refractivity (Wildman–Crippen MR) is 120 cm³/mol. The maximum absolute atomic E-state index is 12.8. The van der Waals surface area contributed by atoms with Crippen molar-refractivity contribution in [3.63, 3.8) is 0 Å². The van der Waals surface area contributed by atoms with Gasteiger partial charge in [-0.25, -0.2) is 9.67 Å². The number of nitrogens with one attached hydrogen (secondary N) is 1. The molecular formula is C25H26N4O. The van der Waals surface area contributed by atoms with Crippen LogP contribution in [0.1, 0.15) is 36.2 Å². The molecule has 0 bridgehead atoms. The Balaban J connectivity index is 1.61. The van der Waals surface area contributed by atoms with Crippen LogP contribution in [0.25, 0.3) is 22.2 Å². The minimum Gasteiger partial charge on any atom is -0.348 e. The molecule has 0 radical (unpaired) electrons. The van der Waals surface area contributed by atoms with Gasteiger partial charge in [-0.05, 0) is 43.0 Å². The monoisotopic (exact) mass is 398 g/mol. The van der Waals surface area contributed by atoms with E-state index in [4.69, 9.17) is 0 Å². The highest BCUT2D eigenvalue weighted by Crippen LogP contribution is 2.30. The minimum atomic E-state index is -0.0716. The first kappa shape index (κ1) is 19.8. The Kier molecular flexibility index (Phi) is 5.61. The second-order valence-electron chi connectivity index (χ2n) is 7.61. The van der Waals surface area contributed by atoms with E-state index in [1.54, 1.807) is 10.9 Å². The van der Waals surface area contributed by atoms with Crippen LogP contribution in [0.15, 0.2) is 66.9 Å². The molecule has 4 aromatic rings. The Labute approximate surface area is 176 Å². The molecule has 2 aromatic heterocycles. The smallest absolute Gasteiger partial charge is 0.242 e. The normalized spacial score (nSPS) is 12.1. The van der Waals surface area contributed by atoms with Crippen molar-refractivity contribution in [2.24, 2.45) is 0 Å². The summed E-state index contributed by atoms with van der Waals surface area (Å²) in [7, 11) is 0. The Morgan fingerprint density at radius 2 is 1.77 bits per heavy atom. The van der Waals surface area contributed by atoms with Crippen molar-refractivity contribution in [2.45, 2.75) is 39.8 Å². The minimum absolute atomic E-state index is 0.0160. The van der Waals surface area contributed by atoms with Crippen LogP contribution in [-0.4, -0.2) is 20.7 Å². The van der Waals surface area contributed by atoms with Crippen LogP contribution in [0, 0.1) is 13.8 Å². The third-order valence-electron chi connectivity index (χ3n) is 5.41. The second kappa shape index (κ2) is 8.49. The van der Waals surface area contributed by atoms with Crippen molar-refractivity contribution < 1.29 is 4.79 Å². The Bertz CT molecular complexity index is 1160. The number of carbonyl (C=O) groups excluding carboxylic acids is 1. The first-order chi connectivity index (χ1) is 14.6. The second-order valence-corrected chi connectivity index (χ2v) is 7.61. The average Bonchev–Trinajstić information content (AvgIpc) is 3.08. The summed E-state index contributed by atoms with van der Waals surface area (Å²) in [5.74, 6) is -0.0716. The Hall–Kier alpha value is -3.47. The average molecular weight is 399 g/mol. The molecule has 1 amide bonds. The fourth-order valence-corrected chi connectivity index (χ4v) is 3.85. The van der Waals surface area contributed by atoms with Crippen LogP contribution in [0.3, 0.4) is 0 Å². The molecule has 1 atom stereocenters. The van der Waals surface area contributed by atoms with Crippen molar-refractivity contribution in [3.05, 3.63) is 83.7 Å². The van der Waals surface area contributed by atoms with Gasteiger partial charge in [0.2, 0.25) is 5.91 Å².